The minimum Gasteiger partial charge on any atom is -0.374 e. The molecule has 2 N–H and O–H groups in total. The molecule has 0 aliphatic carbocycles. The molecule has 26 heavy (non-hydrogen) atoms. The molecule has 2 heterocycles. The lowest BCUT2D eigenvalue weighted by Gasteiger charge is -2.19. The predicted octanol–water partition coefficient (Wildman–Crippen LogP) is 3.77. The summed E-state index contributed by atoms with van der Waals surface area (Å²) in [7, 11) is 2.05. The molecule has 5 heteroatoms. The second kappa shape index (κ2) is 8.52. The summed E-state index contributed by atoms with van der Waals surface area (Å²) in [6, 6.07) is 12.0. The summed E-state index contributed by atoms with van der Waals surface area (Å²) in [5.41, 5.74) is 3.82. The van der Waals surface area contributed by atoms with E-state index in [0.717, 1.165) is 37.0 Å². The van der Waals surface area contributed by atoms with E-state index >= 15 is 0 Å². The van der Waals surface area contributed by atoms with Crippen molar-refractivity contribution in [2.24, 2.45) is 0 Å². The van der Waals surface area contributed by atoms with Gasteiger partial charge in [0.05, 0.1) is 0 Å². The number of rotatable bonds is 8. The van der Waals surface area contributed by atoms with Crippen molar-refractivity contribution in [3.8, 4) is 0 Å². The number of aromatic nitrogens is 2. The van der Waals surface area contributed by atoms with Gasteiger partial charge in [-0.2, -0.15) is 0 Å². The molecule has 1 aromatic carbocycles. The largest absolute Gasteiger partial charge is 0.374 e. The number of nitrogens with zero attached hydrogens (tertiary/aromatic N) is 2. The molecule has 3 aromatic rings. The molecular formula is C21H26N4O. The lowest BCUT2D eigenvalue weighted by Crippen LogP contribution is -2.27. The van der Waals surface area contributed by atoms with Gasteiger partial charge < -0.3 is 15.2 Å². The smallest absolute Gasteiger partial charge is 0.269 e. The number of unbranched alkanes of at least 4 members (excludes halogenated alkanes) is 1. The summed E-state index contributed by atoms with van der Waals surface area (Å²) in [6.45, 7) is 3.73. The fraction of sp³-hybridized carbons (Fsp3) is 0.333. The molecule has 136 valence electrons. The van der Waals surface area contributed by atoms with Crippen LogP contribution in [0.1, 0.15) is 35.8 Å². The average molecular weight is 350 g/mol. The Morgan fingerprint density at radius 1 is 1.27 bits per heavy atom. The second-order valence-corrected chi connectivity index (χ2v) is 6.54. The van der Waals surface area contributed by atoms with Gasteiger partial charge in [0, 0.05) is 49.1 Å². The normalized spacial score (nSPS) is 10.8. The van der Waals surface area contributed by atoms with Gasteiger partial charge in [-0.1, -0.05) is 31.5 Å². The van der Waals surface area contributed by atoms with Crippen LogP contribution in [0, 0.1) is 0 Å². The molecule has 0 fully saturated rings. The highest BCUT2D eigenvalue weighted by Gasteiger charge is 2.10. The zero-order valence-electron chi connectivity index (χ0n) is 15.5. The Labute approximate surface area is 154 Å². The number of aromatic amines is 1. The van der Waals surface area contributed by atoms with E-state index in [1.807, 2.05) is 37.5 Å². The summed E-state index contributed by atoms with van der Waals surface area (Å²) in [6.07, 6.45) is 6.78. The quantitative estimate of drug-likeness (QED) is 0.650. The number of nitrogens with one attached hydrogen (secondary N) is 2. The van der Waals surface area contributed by atoms with Gasteiger partial charge in [-0.05, 0) is 36.6 Å². The van der Waals surface area contributed by atoms with Crippen LogP contribution in [-0.4, -0.2) is 36.0 Å². The topological polar surface area (TPSA) is 61.0 Å². The summed E-state index contributed by atoms with van der Waals surface area (Å²) in [5, 5.41) is 4.19. The molecule has 1 amide bonds. The number of pyridine rings is 1. The fourth-order valence-corrected chi connectivity index (χ4v) is 3.05. The monoisotopic (exact) mass is 350 g/mol. The summed E-state index contributed by atoms with van der Waals surface area (Å²) in [5.74, 6) is -0.129. The molecular weight excluding hydrogens is 324 g/mol. The van der Waals surface area contributed by atoms with Crippen LogP contribution in [0.5, 0.6) is 0 Å². The maximum Gasteiger partial charge on any atom is 0.269 e. The third-order valence-electron chi connectivity index (χ3n) is 4.62. The molecule has 0 spiro atoms. The van der Waals surface area contributed by atoms with Crippen LogP contribution in [0.4, 0.5) is 5.69 Å². The lowest BCUT2D eigenvalue weighted by atomic mass is 10.1. The van der Waals surface area contributed by atoms with E-state index in [1.165, 1.54) is 10.9 Å². The van der Waals surface area contributed by atoms with Gasteiger partial charge in [0.1, 0.15) is 5.69 Å². The first kappa shape index (κ1) is 18.0. The maximum atomic E-state index is 12.4. The summed E-state index contributed by atoms with van der Waals surface area (Å²) in [4.78, 5) is 22.1. The van der Waals surface area contributed by atoms with Crippen LogP contribution in [-0.2, 0) is 6.42 Å². The number of amides is 1. The SMILES string of the molecule is CCCCN(C)c1ccnc(C(=O)NCCc2c[nH]c3ccccc23)c1. The number of carbonyl (C=O) groups is 1. The van der Waals surface area contributed by atoms with Crippen molar-refractivity contribution in [1.82, 2.24) is 15.3 Å². The first-order valence-electron chi connectivity index (χ1n) is 9.19. The molecule has 0 radical (unpaired) electrons. The standard InChI is InChI=1S/C21H26N4O/c1-3-4-13-25(2)17-10-12-22-20(14-17)21(26)23-11-9-16-15-24-19-8-6-5-7-18(16)19/h5-8,10,12,14-15,24H,3-4,9,11,13H2,1-2H3,(H,23,26). The minimum atomic E-state index is -0.129. The lowest BCUT2D eigenvalue weighted by molar-refractivity contribution is 0.0949. The average Bonchev–Trinajstić information content (AvgIpc) is 3.09. The van der Waals surface area contributed by atoms with E-state index in [-0.39, 0.29) is 5.91 Å². The second-order valence-electron chi connectivity index (χ2n) is 6.54. The third kappa shape index (κ3) is 4.23. The number of anilines is 1. The van der Waals surface area contributed by atoms with E-state index in [2.05, 4.69) is 39.2 Å². The Kier molecular flexibility index (Phi) is 5.89. The Balaban J connectivity index is 1.58. The number of carbonyl (C=O) groups excluding carboxylic acids is 1. The van der Waals surface area contributed by atoms with E-state index in [0.29, 0.717) is 12.2 Å². The van der Waals surface area contributed by atoms with Crippen LogP contribution in [0.3, 0.4) is 0 Å². The van der Waals surface area contributed by atoms with E-state index in [1.54, 1.807) is 6.20 Å². The number of H-pyrrole nitrogens is 1. The van der Waals surface area contributed by atoms with Gasteiger partial charge in [0.25, 0.3) is 5.91 Å². The number of para-hydroxylation sites is 1. The van der Waals surface area contributed by atoms with Gasteiger partial charge in [-0.15, -0.1) is 0 Å². The van der Waals surface area contributed by atoms with Crippen LogP contribution >= 0.6 is 0 Å². The predicted molar refractivity (Wildman–Crippen MR) is 107 cm³/mol. The Bertz CT molecular complexity index is 871. The van der Waals surface area contributed by atoms with E-state index < -0.39 is 0 Å². The first-order chi connectivity index (χ1) is 12.7. The van der Waals surface area contributed by atoms with Crippen LogP contribution in [0.15, 0.2) is 48.8 Å². The number of hydrogen-bond donors (Lipinski definition) is 2. The molecule has 0 saturated carbocycles. The molecule has 2 aromatic heterocycles. The number of fused-ring (bicyclic) bond motifs is 1. The van der Waals surface area contributed by atoms with E-state index in [9.17, 15) is 4.79 Å². The minimum absolute atomic E-state index is 0.129. The Hall–Kier alpha value is -2.82. The fourth-order valence-electron chi connectivity index (χ4n) is 3.05. The Morgan fingerprint density at radius 2 is 2.12 bits per heavy atom. The van der Waals surface area contributed by atoms with Crippen molar-refractivity contribution in [1.29, 1.82) is 0 Å². The molecule has 0 aliphatic heterocycles. The van der Waals surface area contributed by atoms with Gasteiger partial charge >= 0.3 is 0 Å². The highest BCUT2D eigenvalue weighted by atomic mass is 16.1. The van der Waals surface area contributed by atoms with Crippen molar-refractivity contribution >= 4 is 22.5 Å². The van der Waals surface area contributed by atoms with Crippen LogP contribution < -0.4 is 10.2 Å². The molecule has 0 unspecified atom stereocenters. The molecule has 0 aliphatic rings. The zero-order valence-corrected chi connectivity index (χ0v) is 15.5. The molecule has 0 saturated heterocycles. The molecule has 0 bridgehead atoms. The summed E-state index contributed by atoms with van der Waals surface area (Å²) >= 11 is 0. The zero-order chi connectivity index (χ0) is 18.4. The number of benzene rings is 1. The highest BCUT2D eigenvalue weighted by Crippen LogP contribution is 2.18. The molecule has 3 rings (SSSR count). The molecule has 5 nitrogen and oxygen atoms in total. The highest BCUT2D eigenvalue weighted by molar-refractivity contribution is 5.93. The Morgan fingerprint density at radius 3 is 2.96 bits per heavy atom. The van der Waals surface area contributed by atoms with Gasteiger partial charge in [-0.3, -0.25) is 9.78 Å². The van der Waals surface area contributed by atoms with Crippen molar-refractivity contribution in [3.05, 3.63) is 60.0 Å². The van der Waals surface area contributed by atoms with Gasteiger partial charge in [0.15, 0.2) is 0 Å². The van der Waals surface area contributed by atoms with Crippen molar-refractivity contribution in [3.63, 3.8) is 0 Å². The van der Waals surface area contributed by atoms with Crippen molar-refractivity contribution in [2.45, 2.75) is 26.2 Å². The van der Waals surface area contributed by atoms with Gasteiger partial charge in [0.2, 0.25) is 0 Å². The van der Waals surface area contributed by atoms with Crippen molar-refractivity contribution in [2.75, 3.05) is 25.0 Å². The third-order valence-corrected chi connectivity index (χ3v) is 4.62. The van der Waals surface area contributed by atoms with Gasteiger partial charge in [-0.25, -0.2) is 0 Å². The van der Waals surface area contributed by atoms with E-state index in [4.69, 9.17) is 0 Å². The van der Waals surface area contributed by atoms with Crippen LogP contribution in [0.2, 0.25) is 0 Å². The van der Waals surface area contributed by atoms with Crippen molar-refractivity contribution < 1.29 is 4.79 Å². The maximum absolute atomic E-state index is 12.4. The molecule has 0 atom stereocenters. The first-order valence-corrected chi connectivity index (χ1v) is 9.19. The number of hydrogen-bond acceptors (Lipinski definition) is 3. The summed E-state index contributed by atoms with van der Waals surface area (Å²) < 4.78 is 0. The van der Waals surface area contributed by atoms with Crippen LogP contribution in [0.25, 0.3) is 10.9 Å².